The molecule has 16 heavy (non-hydrogen) atoms. The molecule has 1 aliphatic rings. The van der Waals surface area contributed by atoms with Crippen molar-refractivity contribution in [1.82, 2.24) is 0 Å². The fourth-order valence-corrected chi connectivity index (χ4v) is 0.565. The largest absolute Gasteiger partial charge is 0.466 e. The van der Waals surface area contributed by atoms with Crippen LogP contribution in [0.25, 0.3) is 0 Å². The first-order chi connectivity index (χ1) is 7.24. The minimum absolute atomic E-state index is 0.156. The first kappa shape index (κ1) is 15.3. The van der Waals surface area contributed by atoms with Gasteiger partial charge in [-0.1, -0.05) is 6.08 Å². The lowest BCUT2D eigenvalue weighted by Crippen LogP contribution is -2.10. The topological polar surface area (TPSA) is 117 Å². The summed E-state index contributed by atoms with van der Waals surface area (Å²) in [5.74, 6) is -0.247. The summed E-state index contributed by atoms with van der Waals surface area (Å²) in [4.78, 5) is 32.5. The fraction of sp³-hybridized carbons (Fsp3) is 0.625. The minimum atomic E-state index is -4.64. The maximum absolute atomic E-state index is 11.0. The second-order valence-electron chi connectivity index (χ2n) is 3.04. The Labute approximate surface area is 92.9 Å². The van der Waals surface area contributed by atoms with Gasteiger partial charge in [0, 0.05) is 5.57 Å². The van der Waals surface area contributed by atoms with Gasteiger partial charge in [-0.2, -0.15) is 0 Å². The number of rotatable bonds is 3. The van der Waals surface area contributed by atoms with Crippen LogP contribution >= 0.6 is 7.82 Å². The molecule has 1 saturated heterocycles. The summed E-state index contributed by atoms with van der Waals surface area (Å²) in [5, 5.41) is 0. The first-order valence-corrected chi connectivity index (χ1v) is 6.00. The molecule has 0 saturated carbocycles. The van der Waals surface area contributed by atoms with E-state index in [1.54, 1.807) is 13.0 Å². The summed E-state index contributed by atoms with van der Waals surface area (Å²) in [6, 6.07) is 0. The molecule has 7 nitrogen and oxygen atoms in total. The molecule has 1 fully saturated rings. The van der Waals surface area contributed by atoms with E-state index in [2.05, 4.69) is 0 Å². The van der Waals surface area contributed by atoms with Gasteiger partial charge in [-0.25, -0.2) is 9.36 Å². The molecule has 1 aliphatic heterocycles. The Bertz CT molecular complexity index is 293. The zero-order chi connectivity index (χ0) is 12.8. The van der Waals surface area contributed by atoms with Crippen molar-refractivity contribution >= 4 is 13.8 Å². The van der Waals surface area contributed by atoms with Crippen LogP contribution < -0.4 is 0 Å². The van der Waals surface area contributed by atoms with E-state index < -0.39 is 7.82 Å². The molecule has 1 rings (SSSR count). The summed E-state index contributed by atoms with van der Waals surface area (Å²) < 4.78 is 18.6. The number of epoxide rings is 1. The fourth-order valence-electron chi connectivity index (χ4n) is 0.565. The number of phosphoric acid groups is 1. The van der Waals surface area contributed by atoms with Crippen LogP contribution in [0.1, 0.15) is 13.8 Å². The van der Waals surface area contributed by atoms with Crippen LogP contribution in [-0.2, 0) is 18.8 Å². The molecule has 0 spiro atoms. The number of hydrogen-bond donors (Lipinski definition) is 3. The highest BCUT2D eigenvalue weighted by Crippen LogP contribution is 2.25. The highest BCUT2D eigenvalue weighted by Gasteiger charge is 2.24. The van der Waals surface area contributed by atoms with E-state index >= 15 is 0 Å². The quantitative estimate of drug-likeness (QED) is 0.280. The van der Waals surface area contributed by atoms with E-state index in [4.69, 9.17) is 28.7 Å². The molecule has 0 amide bonds. The van der Waals surface area contributed by atoms with Crippen molar-refractivity contribution in [2.45, 2.75) is 20.0 Å². The lowest BCUT2D eigenvalue weighted by atomic mass is 10.3. The van der Waals surface area contributed by atoms with Gasteiger partial charge in [0.25, 0.3) is 0 Å². The average Bonchev–Trinajstić information content (AvgIpc) is 2.93. The Balaban J connectivity index is 0.000000385. The molecule has 0 aliphatic carbocycles. The van der Waals surface area contributed by atoms with E-state index in [-0.39, 0.29) is 12.1 Å². The Morgan fingerprint density at radius 1 is 1.56 bits per heavy atom. The van der Waals surface area contributed by atoms with Crippen LogP contribution in [0.5, 0.6) is 0 Å². The van der Waals surface area contributed by atoms with Gasteiger partial charge in [0.2, 0.25) is 0 Å². The van der Waals surface area contributed by atoms with Gasteiger partial charge >= 0.3 is 13.8 Å². The second-order valence-corrected chi connectivity index (χ2v) is 4.07. The Hall–Kier alpha value is -0.720. The zero-order valence-electron chi connectivity index (χ0n) is 8.99. The number of hydrogen-bond acceptors (Lipinski definition) is 4. The molecular formula is C8H15O7P. The summed E-state index contributed by atoms with van der Waals surface area (Å²) >= 11 is 0. The van der Waals surface area contributed by atoms with Gasteiger partial charge in [-0.3, -0.25) is 0 Å². The SMILES string of the molecule is CC=C(C)C(=O)OCC1CO1.O=P(O)(O)O. The summed E-state index contributed by atoms with van der Waals surface area (Å²) in [6.07, 6.45) is 1.89. The smallest absolute Gasteiger partial charge is 0.459 e. The van der Waals surface area contributed by atoms with Crippen LogP contribution in [0.2, 0.25) is 0 Å². The van der Waals surface area contributed by atoms with Crippen LogP contribution in [0.15, 0.2) is 11.6 Å². The summed E-state index contributed by atoms with van der Waals surface area (Å²) in [6.45, 7) is 4.66. The number of ether oxygens (including phenoxy) is 2. The number of esters is 1. The molecule has 1 unspecified atom stereocenters. The molecule has 8 heteroatoms. The molecule has 0 bridgehead atoms. The molecular weight excluding hydrogens is 239 g/mol. The normalized spacial score (nSPS) is 19.6. The van der Waals surface area contributed by atoms with Crippen LogP contribution in [0.4, 0.5) is 0 Å². The molecule has 3 N–H and O–H groups in total. The monoisotopic (exact) mass is 254 g/mol. The predicted molar refractivity (Wildman–Crippen MR) is 54.4 cm³/mol. The zero-order valence-corrected chi connectivity index (χ0v) is 9.89. The molecule has 1 heterocycles. The average molecular weight is 254 g/mol. The lowest BCUT2D eigenvalue weighted by molar-refractivity contribution is -0.139. The van der Waals surface area contributed by atoms with Gasteiger partial charge < -0.3 is 24.2 Å². The summed E-state index contributed by atoms with van der Waals surface area (Å²) in [5.41, 5.74) is 0.644. The van der Waals surface area contributed by atoms with E-state index in [1.165, 1.54) is 0 Å². The molecule has 0 aromatic rings. The van der Waals surface area contributed by atoms with Crippen molar-refractivity contribution < 1.29 is 33.5 Å². The highest BCUT2D eigenvalue weighted by molar-refractivity contribution is 7.45. The molecule has 0 aromatic carbocycles. The number of carbonyl (C=O) groups excluding carboxylic acids is 1. The van der Waals surface area contributed by atoms with Crippen LogP contribution in [0.3, 0.4) is 0 Å². The lowest BCUT2D eigenvalue weighted by Gasteiger charge is -2.00. The van der Waals surface area contributed by atoms with Crippen molar-refractivity contribution in [3.05, 3.63) is 11.6 Å². The third-order valence-electron chi connectivity index (χ3n) is 1.56. The molecule has 1 atom stereocenters. The standard InChI is InChI=1S/C8H12O3.H3O4P/c1-3-6(2)8(9)11-5-7-4-10-7;1-5(2,3)4/h3,7H,4-5H2,1-2H3;(H3,1,2,3,4). The predicted octanol–water partition coefficient (Wildman–Crippen LogP) is -0.0340. The first-order valence-electron chi connectivity index (χ1n) is 4.44. The third kappa shape index (κ3) is 11.4. The van der Waals surface area contributed by atoms with E-state index in [9.17, 15) is 4.79 Å². The summed E-state index contributed by atoms with van der Waals surface area (Å²) in [7, 11) is -4.64. The van der Waals surface area contributed by atoms with E-state index in [0.29, 0.717) is 12.2 Å². The Morgan fingerprint density at radius 2 is 2.00 bits per heavy atom. The van der Waals surface area contributed by atoms with E-state index in [1.807, 2.05) is 6.92 Å². The Morgan fingerprint density at radius 3 is 2.31 bits per heavy atom. The van der Waals surface area contributed by atoms with Gasteiger partial charge in [-0.05, 0) is 13.8 Å². The van der Waals surface area contributed by atoms with Gasteiger partial charge in [0.05, 0.1) is 6.61 Å². The maximum Gasteiger partial charge on any atom is 0.466 e. The van der Waals surface area contributed by atoms with Crippen molar-refractivity contribution in [2.24, 2.45) is 0 Å². The molecule has 94 valence electrons. The van der Waals surface area contributed by atoms with Crippen molar-refractivity contribution in [1.29, 1.82) is 0 Å². The maximum atomic E-state index is 11.0. The van der Waals surface area contributed by atoms with Crippen molar-refractivity contribution in [3.8, 4) is 0 Å². The van der Waals surface area contributed by atoms with Crippen LogP contribution in [0, 0.1) is 0 Å². The number of carbonyl (C=O) groups is 1. The van der Waals surface area contributed by atoms with Crippen LogP contribution in [-0.4, -0.2) is 40.0 Å². The van der Waals surface area contributed by atoms with E-state index in [0.717, 1.165) is 6.61 Å². The van der Waals surface area contributed by atoms with Gasteiger partial charge in [-0.15, -0.1) is 0 Å². The van der Waals surface area contributed by atoms with Gasteiger partial charge in [0.15, 0.2) is 0 Å². The third-order valence-corrected chi connectivity index (χ3v) is 1.56. The number of allylic oxidation sites excluding steroid dienone is 1. The van der Waals surface area contributed by atoms with Crippen molar-refractivity contribution in [2.75, 3.05) is 13.2 Å². The molecule has 0 aromatic heterocycles. The Kier molecular flexibility index (Phi) is 6.47. The van der Waals surface area contributed by atoms with Gasteiger partial charge in [0.1, 0.15) is 12.7 Å². The minimum Gasteiger partial charge on any atom is -0.459 e. The second kappa shape index (κ2) is 6.78. The van der Waals surface area contributed by atoms with Crippen molar-refractivity contribution in [3.63, 3.8) is 0 Å². The molecule has 0 radical (unpaired) electrons. The highest BCUT2D eigenvalue weighted by atomic mass is 31.2.